The molecule has 1 rings (SSSR count). The molecule has 0 aromatic heterocycles. The highest BCUT2D eigenvalue weighted by molar-refractivity contribution is 7.99. The van der Waals surface area contributed by atoms with E-state index in [2.05, 4.69) is 5.32 Å². The molecule has 1 amide bonds. The molecular weight excluding hydrogens is 224 g/mol. The number of hydrogen-bond acceptors (Lipinski definition) is 4. The van der Waals surface area contributed by atoms with Crippen molar-refractivity contribution < 1.29 is 9.53 Å². The molecule has 0 saturated carbocycles. The van der Waals surface area contributed by atoms with Crippen molar-refractivity contribution in [2.24, 2.45) is 11.7 Å². The van der Waals surface area contributed by atoms with Crippen molar-refractivity contribution in [3.8, 4) is 0 Å². The zero-order chi connectivity index (χ0) is 11.8. The van der Waals surface area contributed by atoms with Crippen LogP contribution in [0.1, 0.15) is 19.3 Å². The Labute approximate surface area is 102 Å². The lowest BCUT2D eigenvalue weighted by atomic mass is 10.1. The molecule has 0 aliphatic carbocycles. The highest BCUT2D eigenvalue weighted by Crippen LogP contribution is 2.22. The van der Waals surface area contributed by atoms with Gasteiger partial charge in [-0.15, -0.1) is 0 Å². The molecule has 1 aliphatic rings. The van der Waals surface area contributed by atoms with Crippen molar-refractivity contribution in [1.29, 1.82) is 0 Å². The minimum Gasteiger partial charge on any atom is -0.385 e. The molecule has 0 spiro atoms. The van der Waals surface area contributed by atoms with Crippen molar-refractivity contribution >= 4 is 17.7 Å². The SMILES string of the molecule is COCCCC(N)C(=O)NCC1CCSC1. The highest BCUT2D eigenvalue weighted by Gasteiger charge is 2.18. The number of carbonyl (C=O) groups is 1. The number of thioether (sulfide) groups is 1. The number of methoxy groups -OCH3 is 1. The Morgan fingerprint density at radius 3 is 3.12 bits per heavy atom. The van der Waals surface area contributed by atoms with Gasteiger partial charge in [0.2, 0.25) is 5.91 Å². The first-order chi connectivity index (χ1) is 7.74. The van der Waals surface area contributed by atoms with Crippen LogP contribution in [0.2, 0.25) is 0 Å². The number of nitrogens with two attached hydrogens (primary N) is 1. The molecule has 3 N–H and O–H groups in total. The van der Waals surface area contributed by atoms with Gasteiger partial charge in [-0.25, -0.2) is 0 Å². The Hall–Kier alpha value is -0.260. The van der Waals surface area contributed by atoms with Crippen molar-refractivity contribution in [2.45, 2.75) is 25.3 Å². The monoisotopic (exact) mass is 246 g/mol. The molecule has 0 aromatic rings. The number of carbonyl (C=O) groups excluding carboxylic acids is 1. The van der Waals surface area contributed by atoms with Crippen LogP contribution >= 0.6 is 11.8 Å². The maximum atomic E-state index is 11.6. The molecule has 4 nitrogen and oxygen atoms in total. The summed E-state index contributed by atoms with van der Waals surface area (Å²) in [6.45, 7) is 1.45. The predicted molar refractivity (Wildman–Crippen MR) is 67.5 cm³/mol. The van der Waals surface area contributed by atoms with Gasteiger partial charge >= 0.3 is 0 Å². The van der Waals surface area contributed by atoms with E-state index < -0.39 is 0 Å². The van der Waals surface area contributed by atoms with Crippen LogP contribution in [0.15, 0.2) is 0 Å². The van der Waals surface area contributed by atoms with Crippen LogP contribution in [-0.4, -0.2) is 43.7 Å². The van der Waals surface area contributed by atoms with E-state index in [1.165, 1.54) is 17.9 Å². The first kappa shape index (κ1) is 13.8. The van der Waals surface area contributed by atoms with Gasteiger partial charge in [-0.05, 0) is 36.7 Å². The Balaban J connectivity index is 2.08. The highest BCUT2D eigenvalue weighted by atomic mass is 32.2. The van der Waals surface area contributed by atoms with E-state index in [-0.39, 0.29) is 11.9 Å². The summed E-state index contributed by atoms with van der Waals surface area (Å²) in [5.74, 6) is 3.01. The van der Waals surface area contributed by atoms with E-state index in [0.29, 0.717) is 18.9 Å². The summed E-state index contributed by atoms with van der Waals surface area (Å²) in [6.07, 6.45) is 2.74. The number of ether oxygens (including phenoxy) is 1. The molecule has 0 radical (unpaired) electrons. The molecular formula is C11H22N2O2S. The average Bonchev–Trinajstić information content (AvgIpc) is 2.79. The fourth-order valence-electron chi connectivity index (χ4n) is 1.70. The minimum atomic E-state index is -0.385. The second-order valence-corrected chi connectivity index (χ2v) is 5.37. The Morgan fingerprint density at radius 2 is 2.50 bits per heavy atom. The number of rotatable bonds is 7. The average molecular weight is 246 g/mol. The lowest BCUT2D eigenvalue weighted by Gasteiger charge is -2.14. The van der Waals surface area contributed by atoms with Crippen LogP contribution in [0.3, 0.4) is 0 Å². The van der Waals surface area contributed by atoms with Crippen LogP contribution in [0.4, 0.5) is 0 Å². The quantitative estimate of drug-likeness (QED) is 0.646. The van der Waals surface area contributed by atoms with E-state index in [1.807, 2.05) is 11.8 Å². The largest absolute Gasteiger partial charge is 0.385 e. The standard InChI is InChI=1S/C11H22N2O2S/c1-15-5-2-3-10(12)11(14)13-7-9-4-6-16-8-9/h9-10H,2-8,12H2,1H3,(H,13,14). The van der Waals surface area contributed by atoms with E-state index >= 15 is 0 Å². The zero-order valence-corrected chi connectivity index (χ0v) is 10.7. The van der Waals surface area contributed by atoms with Gasteiger partial charge in [0.15, 0.2) is 0 Å². The molecule has 1 fully saturated rings. The van der Waals surface area contributed by atoms with Crippen molar-refractivity contribution in [2.75, 3.05) is 31.8 Å². The molecule has 16 heavy (non-hydrogen) atoms. The van der Waals surface area contributed by atoms with Gasteiger partial charge in [-0.3, -0.25) is 4.79 Å². The molecule has 1 saturated heterocycles. The normalized spacial score (nSPS) is 22.0. The fourth-order valence-corrected chi connectivity index (χ4v) is 2.98. The Bertz CT molecular complexity index is 208. The summed E-state index contributed by atoms with van der Waals surface area (Å²) in [7, 11) is 1.66. The van der Waals surface area contributed by atoms with Crippen LogP contribution in [0, 0.1) is 5.92 Å². The van der Waals surface area contributed by atoms with Gasteiger partial charge in [0.1, 0.15) is 0 Å². The number of nitrogens with one attached hydrogen (secondary N) is 1. The maximum Gasteiger partial charge on any atom is 0.236 e. The third kappa shape index (κ3) is 5.18. The van der Waals surface area contributed by atoms with Crippen LogP contribution in [0.5, 0.6) is 0 Å². The second kappa shape index (κ2) is 7.92. The zero-order valence-electron chi connectivity index (χ0n) is 9.91. The molecule has 0 bridgehead atoms. The Kier molecular flexibility index (Phi) is 6.84. The molecule has 1 heterocycles. The van der Waals surface area contributed by atoms with Gasteiger partial charge in [0.25, 0.3) is 0 Å². The lowest BCUT2D eigenvalue weighted by molar-refractivity contribution is -0.122. The summed E-state index contributed by atoms with van der Waals surface area (Å²) >= 11 is 1.96. The van der Waals surface area contributed by atoms with Crippen molar-refractivity contribution in [1.82, 2.24) is 5.32 Å². The van der Waals surface area contributed by atoms with Gasteiger partial charge in [-0.1, -0.05) is 0 Å². The van der Waals surface area contributed by atoms with Gasteiger partial charge in [0.05, 0.1) is 6.04 Å². The number of amides is 1. The maximum absolute atomic E-state index is 11.6. The molecule has 2 unspecified atom stereocenters. The third-order valence-corrected chi connectivity index (χ3v) is 4.02. The first-order valence-electron chi connectivity index (χ1n) is 5.84. The van der Waals surface area contributed by atoms with E-state index in [4.69, 9.17) is 10.5 Å². The summed E-state index contributed by atoms with van der Waals surface area (Å²) in [4.78, 5) is 11.6. The Morgan fingerprint density at radius 1 is 1.69 bits per heavy atom. The van der Waals surface area contributed by atoms with Gasteiger partial charge in [0, 0.05) is 20.3 Å². The minimum absolute atomic E-state index is 0.0204. The third-order valence-electron chi connectivity index (χ3n) is 2.79. The van der Waals surface area contributed by atoms with Crippen LogP contribution in [0.25, 0.3) is 0 Å². The predicted octanol–water partition coefficient (Wildman–Crippen LogP) is 0.610. The second-order valence-electron chi connectivity index (χ2n) is 4.22. The molecule has 5 heteroatoms. The van der Waals surface area contributed by atoms with Crippen molar-refractivity contribution in [3.05, 3.63) is 0 Å². The summed E-state index contributed by atoms with van der Waals surface area (Å²) in [5.41, 5.74) is 5.77. The van der Waals surface area contributed by atoms with Crippen LogP contribution < -0.4 is 11.1 Å². The summed E-state index contributed by atoms with van der Waals surface area (Å²) < 4.78 is 4.92. The first-order valence-corrected chi connectivity index (χ1v) is 6.99. The smallest absolute Gasteiger partial charge is 0.236 e. The molecule has 0 aromatic carbocycles. The van der Waals surface area contributed by atoms with Gasteiger partial charge < -0.3 is 15.8 Å². The fraction of sp³-hybridized carbons (Fsp3) is 0.909. The summed E-state index contributed by atoms with van der Waals surface area (Å²) in [6, 6.07) is -0.385. The van der Waals surface area contributed by atoms with E-state index in [0.717, 1.165) is 13.0 Å². The van der Waals surface area contributed by atoms with E-state index in [1.54, 1.807) is 7.11 Å². The van der Waals surface area contributed by atoms with Gasteiger partial charge in [-0.2, -0.15) is 11.8 Å². The molecule has 2 atom stereocenters. The topological polar surface area (TPSA) is 64.3 Å². The molecule has 1 aliphatic heterocycles. The van der Waals surface area contributed by atoms with Crippen LogP contribution in [-0.2, 0) is 9.53 Å². The van der Waals surface area contributed by atoms with Crippen molar-refractivity contribution in [3.63, 3.8) is 0 Å². The lowest BCUT2D eigenvalue weighted by Crippen LogP contribution is -2.42. The summed E-state index contributed by atoms with van der Waals surface area (Å²) in [5, 5.41) is 2.93. The van der Waals surface area contributed by atoms with E-state index in [9.17, 15) is 4.79 Å². The number of hydrogen-bond donors (Lipinski definition) is 2. The molecule has 94 valence electrons.